The molecule has 3 fully saturated rings. The fourth-order valence-corrected chi connectivity index (χ4v) is 5.88. The summed E-state index contributed by atoms with van der Waals surface area (Å²) in [6.45, 7) is 3.30. The molecule has 10 heteroatoms. The van der Waals surface area contributed by atoms with Gasteiger partial charge in [0, 0.05) is 44.7 Å². The van der Waals surface area contributed by atoms with Crippen LogP contribution >= 0.6 is 0 Å². The molecule has 1 saturated carbocycles. The normalized spacial score (nSPS) is 26.2. The molecule has 4 unspecified atom stereocenters. The number of aromatic nitrogens is 1. The molecular weight excluding hydrogens is 460 g/mol. The van der Waals surface area contributed by atoms with Crippen molar-refractivity contribution in [3.8, 4) is 0 Å². The quantitative estimate of drug-likeness (QED) is 0.523. The van der Waals surface area contributed by atoms with E-state index in [1.807, 2.05) is 18.2 Å². The van der Waals surface area contributed by atoms with Gasteiger partial charge in [-0.3, -0.25) is 14.4 Å². The molecule has 4 atom stereocenters. The SMILES string of the molecule is NC(=O)C(NC(=O)c1ccc2ccccc2n1)C(=O)N1CCN2CC3CCCCC3CN2CC(O)C1. The smallest absolute Gasteiger partial charge is 0.270 e. The Morgan fingerprint density at radius 1 is 0.944 bits per heavy atom. The van der Waals surface area contributed by atoms with Gasteiger partial charge in [-0.2, -0.15) is 0 Å². The molecule has 2 aromatic rings. The van der Waals surface area contributed by atoms with Crippen LogP contribution in [0, 0.1) is 11.8 Å². The Balaban J connectivity index is 1.27. The molecule has 2 aliphatic heterocycles. The second kappa shape index (κ2) is 10.5. The van der Waals surface area contributed by atoms with Crippen LogP contribution in [0.15, 0.2) is 36.4 Å². The molecule has 10 nitrogen and oxygen atoms in total. The number of hydrazine groups is 1. The molecule has 192 valence electrons. The van der Waals surface area contributed by atoms with E-state index in [1.165, 1.54) is 30.6 Å². The van der Waals surface area contributed by atoms with Gasteiger partial charge in [-0.1, -0.05) is 37.1 Å². The Labute approximate surface area is 210 Å². The maximum atomic E-state index is 13.4. The molecule has 3 heterocycles. The number of carbonyl (C=O) groups excluding carboxylic acids is 3. The highest BCUT2D eigenvalue weighted by Gasteiger charge is 2.39. The summed E-state index contributed by atoms with van der Waals surface area (Å²) in [5.74, 6) is -0.913. The van der Waals surface area contributed by atoms with Gasteiger partial charge >= 0.3 is 0 Å². The van der Waals surface area contributed by atoms with E-state index in [0.717, 1.165) is 18.5 Å². The second-order valence-corrected chi connectivity index (χ2v) is 10.2. The van der Waals surface area contributed by atoms with Gasteiger partial charge < -0.3 is 21.1 Å². The fourth-order valence-electron chi connectivity index (χ4n) is 5.88. The third kappa shape index (κ3) is 5.21. The van der Waals surface area contributed by atoms with Crippen LogP contribution < -0.4 is 11.1 Å². The summed E-state index contributed by atoms with van der Waals surface area (Å²) < 4.78 is 0. The molecule has 1 aliphatic carbocycles. The van der Waals surface area contributed by atoms with Crippen LogP contribution in [0.1, 0.15) is 36.2 Å². The Kier molecular flexibility index (Phi) is 7.17. The highest BCUT2D eigenvalue weighted by molar-refractivity contribution is 6.08. The Morgan fingerprint density at radius 3 is 2.42 bits per heavy atom. The van der Waals surface area contributed by atoms with Crippen molar-refractivity contribution in [3.63, 3.8) is 0 Å². The number of fused-ring (bicyclic) bond motifs is 3. The molecule has 1 aromatic carbocycles. The number of carbonyl (C=O) groups is 3. The first-order valence-corrected chi connectivity index (χ1v) is 12.8. The minimum atomic E-state index is -1.54. The first-order valence-electron chi connectivity index (χ1n) is 12.8. The van der Waals surface area contributed by atoms with Gasteiger partial charge in [-0.15, -0.1) is 0 Å². The van der Waals surface area contributed by atoms with Gasteiger partial charge in [-0.25, -0.2) is 15.0 Å². The standard InChI is InChI=1S/C26H34N6O4/c27-24(34)23(29-25(35)22-10-9-17-5-3-4-8-21(17)28-22)26(36)30-11-12-31-13-18-6-1-2-7-19(18)14-32(31)16-20(33)15-30/h3-5,8-10,18-20,23,33H,1-2,6-7,11-16H2,(H2,27,34)(H,29,35). The molecule has 0 bridgehead atoms. The van der Waals surface area contributed by atoms with Crippen LogP contribution in [-0.2, 0) is 9.59 Å². The summed E-state index contributed by atoms with van der Waals surface area (Å²) in [7, 11) is 0. The largest absolute Gasteiger partial charge is 0.390 e. The average Bonchev–Trinajstić information content (AvgIpc) is 2.87. The van der Waals surface area contributed by atoms with Crippen molar-refractivity contribution in [3.05, 3.63) is 42.1 Å². The topological polar surface area (TPSA) is 132 Å². The van der Waals surface area contributed by atoms with Gasteiger partial charge in [-0.05, 0) is 36.8 Å². The van der Waals surface area contributed by atoms with E-state index in [4.69, 9.17) is 5.73 Å². The van der Waals surface area contributed by atoms with Gasteiger partial charge in [0.25, 0.3) is 11.8 Å². The number of hydrogen-bond donors (Lipinski definition) is 3. The maximum Gasteiger partial charge on any atom is 0.270 e. The number of pyridine rings is 1. The number of nitrogens with zero attached hydrogens (tertiary/aromatic N) is 4. The molecule has 3 amide bonds. The number of aliphatic hydroxyl groups is 1. The third-order valence-corrected chi connectivity index (χ3v) is 7.79. The lowest BCUT2D eigenvalue weighted by Crippen LogP contribution is -2.63. The van der Waals surface area contributed by atoms with Crippen LogP contribution in [0.5, 0.6) is 0 Å². The Bertz CT molecular complexity index is 1140. The van der Waals surface area contributed by atoms with Crippen LogP contribution in [0.25, 0.3) is 10.9 Å². The van der Waals surface area contributed by atoms with E-state index in [9.17, 15) is 19.5 Å². The van der Waals surface area contributed by atoms with E-state index in [0.29, 0.717) is 37.0 Å². The van der Waals surface area contributed by atoms with Crippen molar-refractivity contribution in [2.45, 2.75) is 37.8 Å². The summed E-state index contributed by atoms with van der Waals surface area (Å²) >= 11 is 0. The van der Waals surface area contributed by atoms with E-state index >= 15 is 0 Å². The average molecular weight is 495 g/mol. The molecule has 5 rings (SSSR count). The molecule has 0 spiro atoms. The number of aliphatic hydroxyl groups excluding tert-OH is 1. The number of primary amides is 1. The molecule has 4 N–H and O–H groups in total. The predicted octanol–water partition coefficient (Wildman–Crippen LogP) is 0.361. The summed E-state index contributed by atoms with van der Waals surface area (Å²) in [5, 5.41) is 18.6. The highest BCUT2D eigenvalue weighted by Crippen LogP contribution is 2.35. The van der Waals surface area contributed by atoms with Gasteiger partial charge in [0.2, 0.25) is 5.91 Å². The van der Waals surface area contributed by atoms with Crippen LogP contribution in [0.4, 0.5) is 0 Å². The van der Waals surface area contributed by atoms with Crippen molar-refractivity contribution < 1.29 is 19.5 Å². The minimum absolute atomic E-state index is 0.0745. The monoisotopic (exact) mass is 494 g/mol. The molecule has 0 radical (unpaired) electrons. The predicted molar refractivity (Wildman–Crippen MR) is 133 cm³/mol. The highest BCUT2D eigenvalue weighted by atomic mass is 16.3. The second-order valence-electron chi connectivity index (χ2n) is 10.2. The van der Waals surface area contributed by atoms with Crippen molar-refractivity contribution >= 4 is 28.6 Å². The first kappa shape index (κ1) is 24.6. The number of benzene rings is 1. The lowest BCUT2D eigenvalue weighted by atomic mass is 9.77. The van der Waals surface area contributed by atoms with Crippen molar-refractivity contribution in [2.75, 3.05) is 39.3 Å². The zero-order chi connectivity index (χ0) is 25.2. The van der Waals surface area contributed by atoms with Crippen molar-refractivity contribution in [1.29, 1.82) is 0 Å². The summed E-state index contributed by atoms with van der Waals surface area (Å²) in [6.07, 6.45) is 4.21. The molecular formula is C26H34N6O4. The van der Waals surface area contributed by atoms with E-state index in [1.54, 1.807) is 18.2 Å². The van der Waals surface area contributed by atoms with Gasteiger partial charge in [0.1, 0.15) is 5.69 Å². The van der Waals surface area contributed by atoms with E-state index in [-0.39, 0.29) is 12.2 Å². The molecule has 2 saturated heterocycles. The van der Waals surface area contributed by atoms with Gasteiger partial charge in [0.05, 0.1) is 11.6 Å². The maximum absolute atomic E-state index is 13.4. The zero-order valence-electron chi connectivity index (χ0n) is 20.4. The number of rotatable bonds is 4. The number of β-amino-alcohol motifs (C(OH)–C–C–N with tert-alkyl or cyclic N) is 1. The lowest BCUT2D eigenvalue weighted by molar-refractivity contribution is -0.152. The Morgan fingerprint density at radius 2 is 1.67 bits per heavy atom. The van der Waals surface area contributed by atoms with Crippen LogP contribution in [0.2, 0.25) is 0 Å². The number of amides is 3. The van der Waals surface area contributed by atoms with Gasteiger partial charge in [0.15, 0.2) is 6.04 Å². The molecule has 36 heavy (non-hydrogen) atoms. The number of para-hydroxylation sites is 1. The molecule has 1 aromatic heterocycles. The first-order chi connectivity index (χ1) is 17.4. The van der Waals surface area contributed by atoms with Crippen LogP contribution in [0.3, 0.4) is 0 Å². The minimum Gasteiger partial charge on any atom is -0.390 e. The van der Waals surface area contributed by atoms with E-state index in [2.05, 4.69) is 20.3 Å². The van der Waals surface area contributed by atoms with Crippen molar-refractivity contribution in [1.82, 2.24) is 25.2 Å². The van der Waals surface area contributed by atoms with Crippen LogP contribution in [-0.4, -0.2) is 94.1 Å². The zero-order valence-corrected chi connectivity index (χ0v) is 20.4. The van der Waals surface area contributed by atoms with E-state index < -0.39 is 29.9 Å². The fraction of sp³-hybridized carbons (Fsp3) is 0.538. The summed E-state index contributed by atoms with van der Waals surface area (Å²) in [4.78, 5) is 44.3. The Hall–Kier alpha value is -3.08. The summed E-state index contributed by atoms with van der Waals surface area (Å²) in [5.41, 5.74) is 6.26. The number of hydrogen-bond acceptors (Lipinski definition) is 7. The lowest BCUT2D eigenvalue weighted by Gasteiger charge is -2.50. The molecule has 3 aliphatic rings. The summed E-state index contributed by atoms with van der Waals surface area (Å²) in [6, 6.07) is 9.11. The third-order valence-electron chi connectivity index (χ3n) is 7.79. The number of nitrogens with two attached hydrogens (primary N) is 1. The number of nitrogens with one attached hydrogen (secondary N) is 1. The van der Waals surface area contributed by atoms with Crippen molar-refractivity contribution in [2.24, 2.45) is 17.6 Å².